The first-order valence-electron chi connectivity index (χ1n) is 7.36. The molecule has 0 unspecified atom stereocenters. The largest absolute Gasteiger partial charge is 0.491 e. The van der Waals surface area contributed by atoms with Crippen LogP contribution in [0.2, 0.25) is 0 Å². The summed E-state index contributed by atoms with van der Waals surface area (Å²) in [6.45, 7) is 2.94. The molecule has 0 fully saturated rings. The first kappa shape index (κ1) is 16.8. The maximum atomic E-state index is 11.8. The van der Waals surface area contributed by atoms with Crippen molar-refractivity contribution in [3.8, 4) is 17.2 Å². The standard InChI is InChI=1S/C18H21NO4/c1-13-4-5-16(12-17(13)18(20)19-2)23-15-8-6-14(7-9-15)22-11-10-21-3/h4-9,12H,10-11H2,1-3H3,(H,19,20). The van der Waals surface area contributed by atoms with E-state index in [1.165, 1.54) is 0 Å². The Labute approximate surface area is 136 Å². The van der Waals surface area contributed by atoms with E-state index in [0.29, 0.717) is 30.3 Å². The Morgan fingerprint density at radius 1 is 1.00 bits per heavy atom. The predicted molar refractivity (Wildman–Crippen MR) is 88.5 cm³/mol. The van der Waals surface area contributed by atoms with Crippen molar-refractivity contribution in [3.63, 3.8) is 0 Å². The number of amides is 1. The molecular formula is C18H21NO4. The van der Waals surface area contributed by atoms with Gasteiger partial charge < -0.3 is 19.5 Å². The molecule has 0 heterocycles. The average molecular weight is 315 g/mol. The highest BCUT2D eigenvalue weighted by molar-refractivity contribution is 5.95. The van der Waals surface area contributed by atoms with Gasteiger partial charge in [-0.05, 0) is 48.9 Å². The maximum Gasteiger partial charge on any atom is 0.251 e. The summed E-state index contributed by atoms with van der Waals surface area (Å²) < 4.78 is 16.2. The molecule has 0 bridgehead atoms. The van der Waals surface area contributed by atoms with Crippen molar-refractivity contribution < 1.29 is 19.0 Å². The van der Waals surface area contributed by atoms with E-state index in [4.69, 9.17) is 14.2 Å². The fourth-order valence-corrected chi connectivity index (χ4v) is 2.03. The lowest BCUT2D eigenvalue weighted by Gasteiger charge is -2.10. The molecule has 0 aromatic heterocycles. The minimum absolute atomic E-state index is 0.130. The summed E-state index contributed by atoms with van der Waals surface area (Å²) in [5.74, 6) is 1.91. The number of carbonyl (C=O) groups excluding carboxylic acids is 1. The SMILES string of the molecule is CNC(=O)c1cc(Oc2ccc(OCCOC)cc2)ccc1C. The third kappa shape index (κ3) is 4.72. The van der Waals surface area contributed by atoms with E-state index in [1.54, 1.807) is 20.2 Å². The van der Waals surface area contributed by atoms with Crippen LogP contribution in [0.3, 0.4) is 0 Å². The van der Waals surface area contributed by atoms with Crippen LogP contribution < -0.4 is 14.8 Å². The number of methoxy groups -OCH3 is 1. The van der Waals surface area contributed by atoms with Gasteiger partial charge in [-0.2, -0.15) is 0 Å². The first-order chi connectivity index (χ1) is 11.1. The number of benzene rings is 2. The van der Waals surface area contributed by atoms with E-state index in [0.717, 1.165) is 11.3 Å². The maximum absolute atomic E-state index is 11.8. The van der Waals surface area contributed by atoms with E-state index in [9.17, 15) is 4.79 Å². The van der Waals surface area contributed by atoms with Gasteiger partial charge in [0.15, 0.2) is 0 Å². The number of aryl methyl sites for hydroxylation is 1. The van der Waals surface area contributed by atoms with E-state index in [2.05, 4.69) is 5.32 Å². The van der Waals surface area contributed by atoms with Crippen LogP contribution in [0.25, 0.3) is 0 Å². The number of carbonyl (C=O) groups is 1. The Hall–Kier alpha value is -2.53. The second-order valence-electron chi connectivity index (χ2n) is 4.97. The van der Waals surface area contributed by atoms with Crippen LogP contribution in [0.5, 0.6) is 17.2 Å². The summed E-state index contributed by atoms with van der Waals surface area (Å²) >= 11 is 0. The molecule has 5 heteroatoms. The first-order valence-corrected chi connectivity index (χ1v) is 7.36. The Bertz CT molecular complexity index is 653. The minimum Gasteiger partial charge on any atom is -0.491 e. The van der Waals surface area contributed by atoms with E-state index < -0.39 is 0 Å². The van der Waals surface area contributed by atoms with Crippen molar-refractivity contribution in [2.75, 3.05) is 27.4 Å². The molecule has 0 spiro atoms. The fourth-order valence-electron chi connectivity index (χ4n) is 2.03. The lowest BCUT2D eigenvalue weighted by Crippen LogP contribution is -2.18. The molecule has 2 rings (SSSR count). The Morgan fingerprint density at radius 2 is 1.65 bits per heavy atom. The van der Waals surface area contributed by atoms with Crippen LogP contribution in [-0.2, 0) is 4.74 Å². The Morgan fingerprint density at radius 3 is 2.30 bits per heavy atom. The normalized spacial score (nSPS) is 10.2. The molecule has 1 N–H and O–H groups in total. The fraction of sp³-hybridized carbons (Fsp3) is 0.278. The van der Waals surface area contributed by atoms with Crippen LogP contribution in [0.1, 0.15) is 15.9 Å². The molecule has 0 aliphatic carbocycles. The highest BCUT2D eigenvalue weighted by Crippen LogP contribution is 2.25. The monoisotopic (exact) mass is 315 g/mol. The van der Waals surface area contributed by atoms with Crippen LogP contribution in [0, 0.1) is 6.92 Å². The molecule has 0 aliphatic heterocycles. The van der Waals surface area contributed by atoms with Gasteiger partial charge in [0.25, 0.3) is 5.91 Å². The molecule has 0 saturated heterocycles. The Kier molecular flexibility index (Phi) is 6.00. The Balaban J connectivity index is 2.05. The van der Waals surface area contributed by atoms with Crippen LogP contribution >= 0.6 is 0 Å². The van der Waals surface area contributed by atoms with Crippen LogP contribution in [0.15, 0.2) is 42.5 Å². The number of ether oxygens (including phenoxy) is 3. The molecule has 23 heavy (non-hydrogen) atoms. The molecule has 2 aromatic rings. The molecule has 122 valence electrons. The minimum atomic E-state index is -0.130. The van der Waals surface area contributed by atoms with E-state index in [1.807, 2.05) is 43.3 Å². The van der Waals surface area contributed by atoms with Crippen molar-refractivity contribution in [1.82, 2.24) is 5.32 Å². The van der Waals surface area contributed by atoms with E-state index >= 15 is 0 Å². The quantitative estimate of drug-likeness (QED) is 0.797. The van der Waals surface area contributed by atoms with Crippen molar-refractivity contribution >= 4 is 5.91 Å². The molecule has 5 nitrogen and oxygen atoms in total. The van der Waals surface area contributed by atoms with Crippen LogP contribution in [-0.4, -0.2) is 33.3 Å². The third-order valence-electron chi connectivity index (χ3n) is 3.30. The van der Waals surface area contributed by atoms with Crippen molar-refractivity contribution in [2.24, 2.45) is 0 Å². The van der Waals surface area contributed by atoms with Gasteiger partial charge in [-0.1, -0.05) is 6.07 Å². The lowest BCUT2D eigenvalue weighted by molar-refractivity contribution is 0.0962. The smallest absolute Gasteiger partial charge is 0.251 e. The van der Waals surface area contributed by atoms with Crippen molar-refractivity contribution in [1.29, 1.82) is 0 Å². The van der Waals surface area contributed by atoms with Gasteiger partial charge in [0, 0.05) is 19.7 Å². The highest BCUT2D eigenvalue weighted by Gasteiger charge is 2.09. The molecule has 0 radical (unpaired) electrons. The summed E-state index contributed by atoms with van der Waals surface area (Å²) in [4.78, 5) is 11.8. The summed E-state index contributed by atoms with van der Waals surface area (Å²) in [6.07, 6.45) is 0. The van der Waals surface area contributed by atoms with Gasteiger partial charge in [0.2, 0.25) is 0 Å². The molecule has 1 amide bonds. The number of hydrogen-bond donors (Lipinski definition) is 1. The second-order valence-corrected chi connectivity index (χ2v) is 4.97. The summed E-state index contributed by atoms with van der Waals surface area (Å²) in [5, 5.41) is 2.62. The van der Waals surface area contributed by atoms with Gasteiger partial charge in [0.05, 0.1) is 6.61 Å². The third-order valence-corrected chi connectivity index (χ3v) is 3.30. The average Bonchev–Trinajstić information content (AvgIpc) is 2.57. The molecule has 0 atom stereocenters. The van der Waals surface area contributed by atoms with Gasteiger partial charge in [-0.15, -0.1) is 0 Å². The highest BCUT2D eigenvalue weighted by atomic mass is 16.5. The van der Waals surface area contributed by atoms with Crippen LogP contribution in [0.4, 0.5) is 0 Å². The summed E-state index contributed by atoms with van der Waals surface area (Å²) in [5.41, 5.74) is 1.50. The summed E-state index contributed by atoms with van der Waals surface area (Å²) in [6, 6.07) is 12.7. The van der Waals surface area contributed by atoms with Crippen molar-refractivity contribution in [3.05, 3.63) is 53.6 Å². The topological polar surface area (TPSA) is 56.8 Å². The predicted octanol–water partition coefficient (Wildman–Crippen LogP) is 3.17. The molecular weight excluding hydrogens is 294 g/mol. The van der Waals surface area contributed by atoms with Gasteiger partial charge in [0.1, 0.15) is 23.9 Å². The number of hydrogen-bond acceptors (Lipinski definition) is 4. The molecule has 2 aromatic carbocycles. The second kappa shape index (κ2) is 8.19. The van der Waals surface area contributed by atoms with Crippen molar-refractivity contribution in [2.45, 2.75) is 6.92 Å². The zero-order chi connectivity index (χ0) is 16.7. The summed E-state index contributed by atoms with van der Waals surface area (Å²) in [7, 11) is 3.24. The lowest BCUT2D eigenvalue weighted by atomic mass is 10.1. The zero-order valence-corrected chi connectivity index (χ0v) is 13.6. The van der Waals surface area contributed by atoms with Gasteiger partial charge in [-0.25, -0.2) is 0 Å². The van der Waals surface area contributed by atoms with E-state index in [-0.39, 0.29) is 5.91 Å². The van der Waals surface area contributed by atoms with Gasteiger partial charge >= 0.3 is 0 Å². The van der Waals surface area contributed by atoms with Gasteiger partial charge in [-0.3, -0.25) is 4.79 Å². The number of nitrogens with one attached hydrogen (secondary N) is 1. The molecule has 0 aliphatic rings. The molecule has 0 saturated carbocycles. The zero-order valence-electron chi connectivity index (χ0n) is 13.6. The number of rotatable bonds is 7.